The van der Waals surface area contributed by atoms with Crippen LogP contribution in [0.2, 0.25) is 0 Å². The van der Waals surface area contributed by atoms with Crippen LogP contribution in [-0.2, 0) is 19.6 Å². The second-order valence-corrected chi connectivity index (χ2v) is 12.2. The van der Waals surface area contributed by atoms with Crippen LogP contribution in [0.25, 0.3) is 0 Å². The van der Waals surface area contributed by atoms with Gasteiger partial charge in [0.05, 0.1) is 40.7 Å². The number of nitrogen functional groups attached to an aromatic ring is 1. The Labute approximate surface area is 259 Å². The molecule has 0 aromatic heterocycles. The molecule has 17 heteroatoms. The molecule has 1 atom stereocenters. The first-order valence-corrected chi connectivity index (χ1v) is 15.3. The predicted octanol–water partition coefficient (Wildman–Crippen LogP) is 3.58. The number of carbonyl (C=O) groups excluding carboxylic acids is 1. The van der Waals surface area contributed by atoms with Gasteiger partial charge in [-0.3, -0.25) is 24.6 Å². The van der Waals surface area contributed by atoms with Crippen molar-refractivity contribution in [1.82, 2.24) is 9.62 Å². The number of nitro groups is 1. The van der Waals surface area contributed by atoms with Gasteiger partial charge in [0.15, 0.2) is 0 Å². The number of nitro benzene ring substituents is 1. The fourth-order valence-corrected chi connectivity index (χ4v) is 5.67. The van der Waals surface area contributed by atoms with Crippen LogP contribution in [0.3, 0.4) is 0 Å². The predicted molar refractivity (Wildman–Crippen MR) is 160 cm³/mol. The van der Waals surface area contributed by atoms with Gasteiger partial charge in [-0.1, -0.05) is 15.9 Å². The van der Waals surface area contributed by atoms with Crippen molar-refractivity contribution in [2.45, 2.75) is 17.4 Å². The number of morpholine rings is 1. The zero-order valence-corrected chi connectivity index (χ0v) is 25.3. The highest BCUT2D eigenvalue weighted by Gasteiger charge is 2.27. The van der Waals surface area contributed by atoms with E-state index in [2.05, 4.69) is 21.2 Å². The van der Waals surface area contributed by atoms with Crippen molar-refractivity contribution in [3.8, 4) is 11.5 Å². The van der Waals surface area contributed by atoms with Gasteiger partial charge >= 0.3 is 5.97 Å². The molecule has 1 aliphatic heterocycles. The standard InChI is InChI=1S/C27H27BrFN5O9S/c28-16-1-4-20(25(11-16)43-18-2-5-22(30)21(29)13-18)27(37)32-44(40,41)19-3-6-23(24(14-19)34(38)39)31-17(12-26(35)36)15-33-7-9-42-10-8-33/h1-6,11,13-14,17,31H,7-10,12,15,30H2,(H,32,37)(H,35,36). The summed E-state index contributed by atoms with van der Waals surface area (Å²) in [4.78, 5) is 37.0. The van der Waals surface area contributed by atoms with E-state index in [4.69, 9.17) is 15.2 Å². The van der Waals surface area contributed by atoms with Gasteiger partial charge in [0.2, 0.25) is 0 Å². The van der Waals surface area contributed by atoms with Crippen molar-refractivity contribution in [2.24, 2.45) is 0 Å². The number of ether oxygens (including phenoxy) is 2. The maximum Gasteiger partial charge on any atom is 0.305 e. The summed E-state index contributed by atoms with van der Waals surface area (Å²) in [6, 6.07) is 9.90. The number of hydrogen-bond donors (Lipinski definition) is 4. The molecule has 1 amide bonds. The van der Waals surface area contributed by atoms with Gasteiger partial charge in [-0.15, -0.1) is 0 Å². The van der Waals surface area contributed by atoms with Crippen LogP contribution < -0.4 is 20.5 Å². The molecule has 0 spiro atoms. The molecule has 5 N–H and O–H groups in total. The minimum Gasteiger partial charge on any atom is -0.481 e. The Kier molecular flexibility index (Phi) is 10.4. The van der Waals surface area contributed by atoms with Gasteiger partial charge < -0.3 is 25.6 Å². The molecule has 0 aliphatic carbocycles. The lowest BCUT2D eigenvalue weighted by Gasteiger charge is -2.30. The Morgan fingerprint density at radius 1 is 1.16 bits per heavy atom. The van der Waals surface area contributed by atoms with E-state index in [1.807, 2.05) is 9.62 Å². The number of aliphatic carboxylic acids is 1. The third-order valence-electron chi connectivity index (χ3n) is 6.45. The van der Waals surface area contributed by atoms with Crippen molar-refractivity contribution in [2.75, 3.05) is 43.9 Å². The number of amides is 1. The van der Waals surface area contributed by atoms with E-state index in [1.54, 1.807) is 0 Å². The first kappa shape index (κ1) is 32.6. The monoisotopic (exact) mass is 695 g/mol. The van der Waals surface area contributed by atoms with E-state index in [0.29, 0.717) is 30.8 Å². The number of carboxylic acid groups (broad SMARTS) is 1. The third-order valence-corrected chi connectivity index (χ3v) is 8.28. The average molecular weight is 697 g/mol. The minimum absolute atomic E-state index is 0.0137. The Balaban J connectivity index is 1.57. The fourth-order valence-electron chi connectivity index (χ4n) is 4.34. The van der Waals surface area contributed by atoms with Gasteiger partial charge in [-0.2, -0.15) is 0 Å². The van der Waals surface area contributed by atoms with Gasteiger partial charge in [-0.05, 0) is 42.5 Å². The molecule has 1 saturated heterocycles. The largest absolute Gasteiger partial charge is 0.481 e. The first-order valence-electron chi connectivity index (χ1n) is 13.0. The second-order valence-electron chi connectivity index (χ2n) is 9.65. The number of rotatable bonds is 12. The van der Waals surface area contributed by atoms with Crippen molar-refractivity contribution in [3.05, 3.63) is 80.6 Å². The van der Waals surface area contributed by atoms with E-state index in [-0.39, 0.29) is 41.4 Å². The quantitative estimate of drug-likeness (QED) is 0.122. The van der Waals surface area contributed by atoms with E-state index in [0.717, 1.165) is 24.3 Å². The van der Waals surface area contributed by atoms with Crippen molar-refractivity contribution >= 4 is 54.9 Å². The molecule has 1 unspecified atom stereocenters. The molecule has 0 saturated carbocycles. The molecular formula is C27H27BrFN5O9S. The number of benzene rings is 3. The van der Waals surface area contributed by atoms with E-state index >= 15 is 0 Å². The molecule has 0 bridgehead atoms. The Morgan fingerprint density at radius 2 is 1.89 bits per heavy atom. The van der Waals surface area contributed by atoms with E-state index < -0.39 is 49.3 Å². The SMILES string of the molecule is Nc1ccc(Oc2cc(Br)ccc2C(=O)NS(=O)(=O)c2ccc(NC(CC(=O)O)CN3CCOCC3)c([N+](=O)[O-])c2)cc1F. The Morgan fingerprint density at radius 3 is 2.55 bits per heavy atom. The Hall–Kier alpha value is -4.32. The number of carbonyl (C=O) groups is 2. The van der Waals surface area contributed by atoms with Crippen molar-refractivity contribution < 1.29 is 41.9 Å². The molecule has 44 heavy (non-hydrogen) atoms. The minimum atomic E-state index is -4.65. The summed E-state index contributed by atoms with van der Waals surface area (Å²) in [6.45, 7) is 2.29. The zero-order valence-electron chi connectivity index (χ0n) is 22.9. The number of sulfonamides is 1. The van der Waals surface area contributed by atoms with Crippen LogP contribution in [0.15, 0.2) is 64.0 Å². The topological polar surface area (TPSA) is 203 Å². The number of nitrogens with one attached hydrogen (secondary N) is 2. The summed E-state index contributed by atoms with van der Waals surface area (Å²) in [7, 11) is -4.65. The lowest BCUT2D eigenvalue weighted by atomic mass is 10.1. The summed E-state index contributed by atoms with van der Waals surface area (Å²) >= 11 is 3.23. The van der Waals surface area contributed by atoms with Crippen molar-refractivity contribution in [1.29, 1.82) is 0 Å². The van der Waals surface area contributed by atoms with E-state index in [9.17, 15) is 37.6 Å². The average Bonchev–Trinajstić information content (AvgIpc) is 2.95. The first-order chi connectivity index (χ1) is 20.8. The highest BCUT2D eigenvalue weighted by molar-refractivity contribution is 9.10. The molecule has 4 rings (SSSR count). The number of anilines is 2. The van der Waals surface area contributed by atoms with Crippen LogP contribution in [0, 0.1) is 15.9 Å². The molecule has 1 aliphatic rings. The molecule has 0 radical (unpaired) electrons. The molecule has 1 fully saturated rings. The highest BCUT2D eigenvalue weighted by atomic mass is 79.9. The number of halogens is 2. The smallest absolute Gasteiger partial charge is 0.305 e. The van der Waals surface area contributed by atoms with Gasteiger partial charge in [0, 0.05) is 42.3 Å². The van der Waals surface area contributed by atoms with Crippen LogP contribution in [0.1, 0.15) is 16.8 Å². The van der Waals surface area contributed by atoms with Crippen LogP contribution in [0.4, 0.5) is 21.5 Å². The summed E-state index contributed by atoms with van der Waals surface area (Å²) in [5, 5.41) is 24.1. The highest BCUT2D eigenvalue weighted by Crippen LogP contribution is 2.32. The number of nitrogens with zero attached hydrogens (tertiary/aromatic N) is 2. The molecular weight excluding hydrogens is 669 g/mol. The summed E-state index contributed by atoms with van der Waals surface area (Å²) in [6.07, 6.45) is -0.356. The zero-order chi connectivity index (χ0) is 32.0. The summed E-state index contributed by atoms with van der Waals surface area (Å²) in [5.41, 5.74) is 4.38. The summed E-state index contributed by atoms with van der Waals surface area (Å²) < 4.78 is 53.5. The molecule has 3 aromatic carbocycles. The van der Waals surface area contributed by atoms with E-state index in [1.165, 1.54) is 30.3 Å². The Bertz CT molecular complexity index is 1690. The molecule has 3 aromatic rings. The van der Waals surface area contributed by atoms with Crippen LogP contribution in [-0.4, -0.2) is 74.1 Å². The number of nitrogens with two attached hydrogens (primary N) is 1. The maximum absolute atomic E-state index is 13.9. The van der Waals surface area contributed by atoms with Gasteiger partial charge in [0.25, 0.3) is 21.6 Å². The molecule has 234 valence electrons. The fraction of sp³-hybridized carbons (Fsp3) is 0.259. The van der Waals surface area contributed by atoms with Crippen molar-refractivity contribution in [3.63, 3.8) is 0 Å². The van der Waals surface area contributed by atoms with Crippen LogP contribution in [0.5, 0.6) is 11.5 Å². The third kappa shape index (κ3) is 8.40. The lowest BCUT2D eigenvalue weighted by Crippen LogP contribution is -2.44. The maximum atomic E-state index is 13.9. The molecule has 14 nitrogen and oxygen atoms in total. The summed E-state index contributed by atoms with van der Waals surface area (Å²) in [5.74, 6) is -3.15. The van der Waals surface area contributed by atoms with Gasteiger partial charge in [-0.25, -0.2) is 17.5 Å². The normalized spacial score (nSPS) is 14.4. The number of carboxylic acids is 1. The number of hydrogen-bond acceptors (Lipinski definition) is 11. The lowest BCUT2D eigenvalue weighted by molar-refractivity contribution is -0.384. The van der Waals surface area contributed by atoms with Crippen LogP contribution >= 0.6 is 15.9 Å². The second kappa shape index (κ2) is 14.0. The van der Waals surface area contributed by atoms with Gasteiger partial charge in [0.1, 0.15) is 23.0 Å². The molecule has 1 heterocycles.